The highest BCUT2D eigenvalue weighted by atomic mass is 32.1. The smallest absolute Gasteiger partial charge is 0.195 e. The fourth-order valence-corrected chi connectivity index (χ4v) is 5.29. The molecule has 106 valence electrons. The van der Waals surface area contributed by atoms with Crippen molar-refractivity contribution in [1.82, 2.24) is 14.8 Å². The molecule has 4 atom stereocenters. The fraction of sp³-hybridized carbons (Fsp3) is 0.600. The van der Waals surface area contributed by atoms with Gasteiger partial charge in [0.2, 0.25) is 0 Å². The zero-order valence-corrected chi connectivity index (χ0v) is 13.2. The molecule has 1 N–H and O–H groups in total. The first-order valence-electron chi connectivity index (χ1n) is 7.43. The molecule has 0 amide bonds. The highest BCUT2D eigenvalue weighted by molar-refractivity contribution is 7.71. The van der Waals surface area contributed by atoms with E-state index in [9.17, 15) is 0 Å². The maximum Gasteiger partial charge on any atom is 0.195 e. The Balaban J connectivity index is 1.71. The van der Waals surface area contributed by atoms with Crippen molar-refractivity contribution in [2.24, 2.45) is 17.8 Å². The number of thiophene rings is 1. The van der Waals surface area contributed by atoms with E-state index >= 15 is 0 Å². The van der Waals surface area contributed by atoms with Crippen LogP contribution in [0.1, 0.15) is 38.6 Å². The summed E-state index contributed by atoms with van der Waals surface area (Å²) in [7, 11) is 0. The Morgan fingerprint density at radius 1 is 1.45 bits per heavy atom. The predicted octanol–water partition coefficient (Wildman–Crippen LogP) is 4.67. The molecule has 2 aromatic rings. The number of hydrogen-bond donors (Lipinski definition) is 1. The van der Waals surface area contributed by atoms with E-state index in [1.165, 1.54) is 31.2 Å². The van der Waals surface area contributed by atoms with Gasteiger partial charge in [0.25, 0.3) is 0 Å². The van der Waals surface area contributed by atoms with E-state index in [0.29, 0.717) is 6.04 Å². The molecule has 0 saturated heterocycles. The van der Waals surface area contributed by atoms with Crippen LogP contribution >= 0.6 is 23.6 Å². The number of aromatic amines is 1. The Morgan fingerprint density at radius 3 is 3.00 bits per heavy atom. The number of rotatable bonds is 3. The van der Waals surface area contributed by atoms with Gasteiger partial charge in [-0.1, -0.05) is 6.42 Å². The van der Waals surface area contributed by atoms with Crippen molar-refractivity contribution in [3.8, 4) is 11.4 Å². The lowest BCUT2D eigenvalue weighted by molar-refractivity contribution is 0.242. The van der Waals surface area contributed by atoms with Crippen LogP contribution in [-0.2, 0) is 0 Å². The lowest BCUT2D eigenvalue weighted by Crippen LogP contribution is -2.22. The third-order valence-electron chi connectivity index (χ3n) is 5.30. The summed E-state index contributed by atoms with van der Waals surface area (Å²) in [6.07, 6.45) is 5.68. The molecule has 2 heterocycles. The molecule has 4 rings (SSSR count). The summed E-state index contributed by atoms with van der Waals surface area (Å²) < 4.78 is 3.02. The maximum absolute atomic E-state index is 5.49. The molecule has 2 fully saturated rings. The average molecular weight is 305 g/mol. The second-order valence-electron chi connectivity index (χ2n) is 6.31. The Kier molecular flexibility index (Phi) is 3.07. The van der Waals surface area contributed by atoms with Gasteiger partial charge in [-0.3, -0.25) is 9.67 Å². The van der Waals surface area contributed by atoms with Crippen molar-refractivity contribution in [3.05, 3.63) is 21.6 Å². The van der Waals surface area contributed by atoms with E-state index in [1.54, 1.807) is 11.3 Å². The Labute approximate surface area is 128 Å². The first-order chi connectivity index (χ1) is 9.74. The Bertz CT molecular complexity index is 655. The van der Waals surface area contributed by atoms with Gasteiger partial charge in [-0.15, -0.1) is 0 Å². The number of aromatic nitrogens is 3. The molecule has 3 nitrogen and oxygen atoms in total. The highest BCUT2D eigenvalue weighted by Crippen LogP contribution is 2.52. The first kappa shape index (κ1) is 12.8. The van der Waals surface area contributed by atoms with Crippen LogP contribution in [0.4, 0.5) is 0 Å². The topological polar surface area (TPSA) is 33.6 Å². The van der Waals surface area contributed by atoms with E-state index in [1.807, 2.05) is 0 Å². The second-order valence-corrected chi connectivity index (χ2v) is 7.48. The van der Waals surface area contributed by atoms with Gasteiger partial charge in [-0.25, -0.2) is 0 Å². The quantitative estimate of drug-likeness (QED) is 0.836. The van der Waals surface area contributed by atoms with E-state index in [-0.39, 0.29) is 0 Å². The zero-order chi connectivity index (χ0) is 13.7. The first-order valence-corrected chi connectivity index (χ1v) is 8.78. The molecule has 0 spiro atoms. The summed E-state index contributed by atoms with van der Waals surface area (Å²) in [6.45, 7) is 2.33. The van der Waals surface area contributed by atoms with Gasteiger partial charge in [0.1, 0.15) is 0 Å². The minimum absolute atomic E-state index is 0.450. The van der Waals surface area contributed by atoms with Gasteiger partial charge in [0.05, 0.1) is 0 Å². The summed E-state index contributed by atoms with van der Waals surface area (Å²) in [4.78, 5) is 0. The maximum atomic E-state index is 5.49. The van der Waals surface area contributed by atoms with Crippen molar-refractivity contribution >= 4 is 23.6 Å². The summed E-state index contributed by atoms with van der Waals surface area (Å²) >= 11 is 7.20. The van der Waals surface area contributed by atoms with Crippen molar-refractivity contribution in [2.45, 2.75) is 38.6 Å². The molecule has 0 radical (unpaired) electrons. The molecular formula is C15H19N3S2. The number of nitrogens with zero attached hydrogens (tertiary/aromatic N) is 2. The largest absolute Gasteiger partial charge is 0.297 e. The van der Waals surface area contributed by atoms with E-state index in [4.69, 9.17) is 12.2 Å². The highest BCUT2D eigenvalue weighted by Gasteiger charge is 2.42. The van der Waals surface area contributed by atoms with Gasteiger partial charge in [0, 0.05) is 17.0 Å². The molecule has 2 aromatic heterocycles. The van der Waals surface area contributed by atoms with Crippen LogP contribution in [0.3, 0.4) is 0 Å². The third kappa shape index (κ3) is 1.91. The third-order valence-corrected chi connectivity index (χ3v) is 6.27. The average Bonchev–Trinajstić information content (AvgIpc) is 3.21. The lowest BCUT2D eigenvalue weighted by atomic mass is 9.84. The van der Waals surface area contributed by atoms with Crippen LogP contribution in [0.25, 0.3) is 11.4 Å². The van der Waals surface area contributed by atoms with Crippen molar-refractivity contribution in [3.63, 3.8) is 0 Å². The van der Waals surface area contributed by atoms with Crippen LogP contribution < -0.4 is 0 Å². The minimum Gasteiger partial charge on any atom is -0.297 e. The van der Waals surface area contributed by atoms with Gasteiger partial charge in [-0.2, -0.15) is 16.4 Å². The summed E-state index contributed by atoms with van der Waals surface area (Å²) in [5.74, 6) is 3.65. The van der Waals surface area contributed by atoms with Gasteiger partial charge < -0.3 is 0 Å². The molecule has 2 aliphatic carbocycles. The number of fused-ring (bicyclic) bond motifs is 2. The molecule has 0 aromatic carbocycles. The summed E-state index contributed by atoms with van der Waals surface area (Å²) in [6, 6.07) is 2.58. The lowest BCUT2D eigenvalue weighted by Gasteiger charge is -2.29. The van der Waals surface area contributed by atoms with E-state index < -0.39 is 0 Å². The standard InChI is InChI=1S/C15H19N3S2/c1-9(13-7-10-2-3-11(13)6-10)18-14(16-17-15(18)19)12-4-5-20-8-12/h4-5,8-11,13H,2-3,6-7H2,1H3,(H,17,19)/t9-,10+,11-,13-/m1/s1. The van der Waals surface area contributed by atoms with E-state index in [2.05, 4.69) is 38.5 Å². The van der Waals surface area contributed by atoms with Crippen LogP contribution in [0, 0.1) is 22.5 Å². The summed E-state index contributed by atoms with van der Waals surface area (Å²) in [5, 5.41) is 11.7. The van der Waals surface area contributed by atoms with Crippen molar-refractivity contribution < 1.29 is 0 Å². The van der Waals surface area contributed by atoms with Crippen LogP contribution in [-0.4, -0.2) is 14.8 Å². The minimum atomic E-state index is 0.450. The van der Waals surface area contributed by atoms with E-state index in [0.717, 1.165) is 28.3 Å². The summed E-state index contributed by atoms with van der Waals surface area (Å²) in [5.41, 5.74) is 1.18. The second kappa shape index (κ2) is 4.81. The molecule has 2 aliphatic rings. The van der Waals surface area contributed by atoms with Gasteiger partial charge >= 0.3 is 0 Å². The SMILES string of the molecule is C[C@H]([C@H]1C[C@H]2CC[C@@H]1C2)n1c(-c2ccsc2)n[nH]c1=S. The Morgan fingerprint density at radius 2 is 2.35 bits per heavy atom. The molecule has 2 saturated carbocycles. The monoisotopic (exact) mass is 305 g/mol. The van der Waals surface area contributed by atoms with Gasteiger partial charge in [-0.05, 0) is 67.6 Å². The molecule has 0 unspecified atom stereocenters. The van der Waals surface area contributed by atoms with Crippen LogP contribution in [0.5, 0.6) is 0 Å². The van der Waals surface area contributed by atoms with Crippen LogP contribution in [0.2, 0.25) is 0 Å². The number of hydrogen-bond acceptors (Lipinski definition) is 3. The fourth-order valence-electron chi connectivity index (χ4n) is 4.35. The van der Waals surface area contributed by atoms with Crippen molar-refractivity contribution in [2.75, 3.05) is 0 Å². The van der Waals surface area contributed by atoms with Crippen molar-refractivity contribution in [1.29, 1.82) is 0 Å². The van der Waals surface area contributed by atoms with Crippen LogP contribution in [0.15, 0.2) is 16.8 Å². The normalized spacial score (nSPS) is 29.9. The number of nitrogens with one attached hydrogen (secondary N) is 1. The molecule has 2 bridgehead atoms. The number of H-pyrrole nitrogens is 1. The Hall–Kier alpha value is -0.940. The molecule has 0 aliphatic heterocycles. The zero-order valence-electron chi connectivity index (χ0n) is 11.6. The molecule has 20 heavy (non-hydrogen) atoms. The molecule has 5 heteroatoms. The molecular weight excluding hydrogens is 286 g/mol. The predicted molar refractivity (Wildman–Crippen MR) is 84.4 cm³/mol. The van der Waals surface area contributed by atoms with Gasteiger partial charge in [0.15, 0.2) is 10.6 Å².